The van der Waals surface area contributed by atoms with Gasteiger partial charge in [0.1, 0.15) is 6.54 Å². The van der Waals surface area contributed by atoms with Crippen LogP contribution in [0, 0.1) is 13.8 Å². The number of nitrogens with one attached hydrogen (secondary N) is 1. The second-order valence-electron chi connectivity index (χ2n) is 8.18. The minimum Gasteiger partial charge on any atom is -0.354 e. The Hall–Kier alpha value is -3.38. The van der Waals surface area contributed by atoms with Crippen LogP contribution in [0.4, 0.5) is 0 Å². The first-order chi connectivity index (χ1) is 16.0. The molecular weight excluding hydrogens is 436 g/mol. The minimum absolute atomic E-state index is 0.103. The van der Waals surface area contributed by atoms with Crippen molar-refractivity contribution in [2.75, 3.05) is 6.54 Å². The fraction of sp³-hybridized carbons (Fsp3) is 0.269. The molecule has 0 spiro atoms. The zero-order valence-corrected chi connectivity index (χ0v) is 19.6. The van der Waals surface area contributed by atoms with Crippen molar-refractivity contribution in [3.63, 3.8) is 0 Å². The molecule has 0 aliphatic heterocycles. The second kappa shape index (κ2) is 10.0. The molecule has 170 valence electrons. The van der Waals surface area contributed by atoms with Crippen molar-refractivity contribution in [3.8, 4) is 0 Å². The lowest BCUT2D eigenvalue weighted by atomic mass is 10.1. The van der Waals surface area contributed by atoms with Crippen molar-refractivity contribution < 1.29 is 4.79 Å². The van der Waals surface area contributed by atoms with Crippen LogP contribution in [0.25, 0.3) is 10.8 Å². The number of rotatable bonds is 8. The summed E-state index contributed by atoms with van der Waals surface area (Å²) in [5.41, 5.74) is 3.75. The van der Waals surface area contributed by atoms with Crippen LogP contribution < -0.4 is 10.9 Å². The van der Waals surface area contributed by atoms with Gasteiger partial charge in [-0.05, 0) is 43.9 Å². The summed E-state index contributed by atoms with van der Waals surface area (Å²) in [5.74, 6) is -0.220. The molecule has 0 atom stereocenters. The van der Waals surface area contributed by atoms with Gasteiger partial charge in [0.15, 0.2) is 0 Å². The Kier molecular flexibility index (Phi) is 6.94. The highest BCUT2D eigenvalue weighted by atomic mass is 35.5. The average molecular weight is 463 g/mol. The van der Waals surface area contributed by atoms with E-state index in [1.165, 1.54) is 10.2 Å². The number of nitrogens with zero attached hydrogens (tertiary/aromatic N) is 3. The molecule has 0 saturated carbocycles. The van der Waals surface area contributed by atoms with Gasteiger partial charge in [-0.25, -0.2) is 4.68 Å². The predicted octanol–water partition coefficient (Wildman–Crippen LogP) is 4.27. The Balaban J connectivity index is 1.47. The van der Waals surface area contributed by atoms with E-state index in [1.807, 2.05) is 56.3 Å². The summed E-state index contributed by atoms with van der Waals surface area (Å²) in [6, 6.07) is 17.8. The van der Waals surface area contributed by atoms with Crippen LogP contribution in [-0.4, -0.2) is 26.8 Å². The molecule has 0 bridgehead atoms. The second-order valence-corrected chi connectivity index (χ2v) is 8.59. The van der Waals surface area contributed by atoms with Crippen molar-refractivity contribution in [1.82, 2.24) is 19.7 Å². The maximum atomic E-state index is 13.2. The van der Waals surface area contributed by atoms with Crippen LogP contribution >= 0.6 is 11.6 Å². The van der Waals surface area contributed by atoms with Crippen LogP contribution in [0.2, 0.25) is 5.02 Å². The number of benzene rings is 2. The highest BCUT2D eigenvalue weighted by Crippen LogP contribution is 2.25. The third-order valence-corrected chi connectivity index (χ3v) is 6.36. The van der Waals surface area contributed by atoms with Gasteiger partial charge in [-0.1, -0.05) is 60.1 Å². The van der Waals surface area contributed by atoms with Gasteiger partial charge in [0.2, 0.25) is 5.91 Å². The van der Waals surface area contributed by atoms with E-state index in [1.54, 1.807) is 6.20 Å². The van der Waals surface area contributed by atoms with Crippen LogP contribution in [0.3, 0.4) is 0 Å². The van der Waals surface area contributed by atoms with Gasteiger partial charge in [0.05, 0.1) is 11.6 Å². The van der Waals surface area contributed by atoms with Gasteiger partial charge in [-0.15, -0.1) is 0 Å². The Labute approximate surface area is 197 Å². The highest BCUT2D eigenvalue weighted by molar-refractivity contribution is 6.31. The van der Waals surface area contributed by atoms with E-state index >= 15 is 0 Å². The SMILES string of the molecule is Cc1c2cnn(CC(=O)NCCCc3ccccc3)c(=O)c2c(C)n1Cc1ccccc1Cl. The van der Waals surface area contributed by atoms with Crippen molar-refractivity contribution in [2.24, 2.45) is 0 Å². The number of carbonyl (C=O) groups excluding carboxylic acids is 1. The summed E-state index contributed by atoms with van der Waals surface area (Å²) in [4.78, 5) is 25.6. The zero-order valence-electron chi connectivity index (χ0n) is 18.8. The molecule has 2 aromatic carbocycles. The van der Waals surface area contributed by atoms with Gasteiger partial charge in [-0.3, -0.25) is 9.59 Å². The van der Waals surface area contributed by atoms with E-state index in [0.717, 1.165) is 35.2 Å². The number of aromatic nitrogens is 3. The first-order valence-corrected chi connectivity index (χ1v) is 11.4. The molecule has 6 nitrogen and oxygen atoms in total. The van der Waals surface area contributed by atoms with Gasteiger partial charge in [0, 0.05) is 34.9 Å². The Morgan fingerprint density at radius 3 is 2.52 bits per heavy atom. The monoisotopic (exact) mass is 462 g/mol. The third-order valence-electron chi connectivity index (χ3n) is 5.99. The Morgan fingerprint density at radius 2 is 1.76 bits per heavy atom. The van der Waals surface area contributed by atoms with Crippen LogP contribution in [0.1, 0.15) is 28.9 Å². The number of hydrogen-bond acceptors (Lipinski definition) is 3. The molecule has 0 fully saturated rings. The van der Waals surface area contributed by atoms with E-state index in [9.17, 15) is 9.59 Å². The van der Waals surface area contributed by atoms with E-state index in [-0.39, 0.29) is 18.0 Å². The summed E-state index contributed by atoms with van der Waals surface area (Å²) in [5, 5.41) is 9.23. The molecule has 0 aliphatic carbocycles. The van der Waals surface area contributed by atoms with Crippen molar-refractivity contribution in [3.05, 3.63) is 98.7 Å². The summed E-state index contributed by atoms with van der Waals surface area (Å²) in [6.45, 7) is 4.90. The number of fused-ring (bicyclic) bond motifs is 1. The van der Waals surface area contributed by atoms with Crippen LogP contribution in [0.5, 0.6) is 0 Å². The summed E-state index contributed by atoms with van der Waals surface area (Å²) < 4.78 is 3.31. The molecule has 2 aromatic heterocycles. The number of halogens is 1. The lowest BCUT2D eigenvalue weighted by Gasteiger charge is -2.10. The summed E-state index contributed by atoms with van der Waals surface area (Å²) in [7, 11) is 0. The molecule has 0 aliphatic rings. The van der Waals surface area contributed by atoms with E-state index in [0.29, 0.717) is 23.5 Å². The molecule has 4 rings (SSSR count). The molecule has 2 heterocycles. The zero-order chi connectivity index (χ0) is 23.4. The quantitative estimate of drug-likeness (QED) is 0.398. The van der Waals surface area contributed by atoms with Gasteiger partial charge >= 0.3 is 0 Å². The van der Waals surface area contributed by atoms with E-state index in [2.05, 4.69) is 27.1 Å². The number of aryl methyl sites for hydroxylation is 3. The molecule has 4 aromatic rings. The van der Waals surface area contributed by atoms with Crippen molar-refractivity contribution in [1.29, 1.82) is 0 Å². The molecule has 33 heavy (non-hydrogen) atoms. The Morgan fingerprint density at radius 1 is 1.03 bits per heavy atom. The number of carbonyl (C=O) groups is 1. The third kappa shape index (κ3) is 5.01. The van der Waals surface area contributed by atoms with Crippen LogP contribution in [0.15, 0.2) is 65.6 Å². The van der Waals surface area contributed by atoms with Gasteiger partial charge in [0.25, 0.3) is 5.56 Å². The first kappa shape index (κ1) is 22.8. The molecular formula is C26H27ClN4O2. The van der Waals surface area contributed by atoms with Gasteiger partial charge < -0.3 is 9.88 Å². The molecule has 7 heteroatoms. The smallest absolute Gasteiger partial charge is 0.276 e. The number of hydrogen-bond donors (Lipinski definition) is 1. The Bertz CT molecular complexity index is 1340. The highest BCUT2D eigenvalue weighted by Gasteiger charge is 2.18. The molecule has 0 radical (unpaired) electrons. The normalized spacial score (nSPS) is 11.1. The minimum atomic E-state index is -0.259. The van der Waals surface area contributed by atoms with Crippen molar-refractivity contribution >= 4 is 28.3 Å². The fourth-order valence-electron chi connectivity index (χ4n) is 4.15. The average Bonchev–Trinajstić information content (AvgIpc) is 3.06. The largest absolute Gasteiger partial charge is 0.354 e. The van der Waals surface area contributed by atoms with Crippen LogP contribution in [-0.2, 0) is 24.3 Å². The maximum absolute atomic E-state index is 13.2. The molecule has 0 saturated heterocycles. The maximum Gasteiger partial charge on any atom is 0.276 e. The fourth-order valence-corrected chi connectivity index (χ4v) is 4.34. The first-order valence-electron chi connectivity index (χ1n) is 11.0. The topological polar surface area (TPSA) is 68.9 Å². The predicted molar refractivity (Wildman–Crippen MR) is 132 cm³/mol. The summed E-state index contributed by atoms with van der Waals surface area (Å²) in [6.07, 6.45) is 3.40. The van der Waals surface area contributed by atoms with Gasteiger partial charge in [-0.2, -0.15) is 5.10 Å². The number of amides is 1. The summed E-state index contributed by atoms with van der Waals surface area (Å²) >= 11 is 6.34. The van der Waals surface area contributed by atoms with E-state index in [4.69, 9.17) is 11.6 Å². The lowest BCUT2D eigenvalue weighted by molar-refractivity contribution is -0.121. The lowest BCUT2D eigenvalue weighted by Crippen LogP contribution is -2.34. The molecule has 0 unspecified atom stereocenters. The van der Waals surface area contributed by atoms with E-state index < -0.39 is 0 Å². The molecule has 1 N–H and O–H groups in total. The molecule has 1 amide bonds. The van der Waals surface area contributed by atoms with Crippen molar-refractivity contribution in [2.45, 2.75) is 39.8 Å². The standard InChI is InChI=1S/C26H27ClN4O2/c1-18-22-15-29-31(17-24(32)28-14-8-11-20-9-4-3-5-10-20)26(33)25(22)19(2)30(18)16-21-12-6-7-13-23(21)27/h3-7,9-10,12-13,15H,8,11,14,16-17H2,1-2H3,(H,28,32).